The van der Waals surface area contributed by atoms with Crippen molar-refractivity contribution in [1.29, 1.82) is 0 Å². The lowest BCUT2D eigenvalue weighted by atomic mass is 10.1. The number of pyridine rings is 3. The Kier molecular flexibility index (Phi) is 5.72. The lowest BCUT2D eigenvalue weighted by Gasteiger charge is -2.14. The fourth-order valence-corrected chi connectivity index (χ4v) is 3.44. The van der Waals surface area contributed by atoms with Crippen molar-refractivity contribution in [2.45, 2.75) is 13.1 Å². The Bertz CT molecular complexity index is 1580. The summed E-state index contributed by atoms with van der Waals surface area (Å²) in [5.41, 5.74) is 2.36. The van der Waals surface area contributed by atoms with Gasteiger partial charge >= 0.3 is 6.18 Å². The van der Waals surface area contributed by atoms with Gasteiger partial charge in [-0.15, -0.1) is 0 Å². The molecule has 5 rings (SSSR count). The maximum atomic E-state index is 13.0. The standard InChI is InChI=1S/C23H16F3N9O/c1-12-16(8-14(9-29-12)34-22(36)17-7-13(4-6-27-17)23(24,25)26)35-20-15(3-2-5-28-20)18-19-21(32-10-30-18)33-11-31-19/h2-11H,1H3,(H,28,35)(H,34,36)(H,30,31,32,33). The predicted molar refractivity (Wildman–Crippen MR) is 124 cm³/mol. The van der Waals surface area contributed by atoms with Crippen LogP contribution in [-0.2, 0) is 6.18 Å². The normalized spacial score (nSPS) is 11.4. The molecule has 0 aliphatic rings. The predicted octanol–water partition coefficient (Wildman–Crippen LogP) is 4.53. The van der Waals surface area contributed by atoms with E-state index in [1.165, 1.54) is 18.9 Å². The van der Waals surface area contributed by atoms with Crippen LogP contribution in [0.4, 0.5) is 30.4 Å². The molecular formula is C23H16F3N9O. The fourth-order valence-electron chi connectivity index (χ4n) is 3.44. The average Bonchev–Trinajstić information content (AvgIpc) is 3.35. The number of imidazole rings is 1. The molecule has 0 saturated heterocycles. The summed E-state index contributed by atoms with van der Waals surface area (Å²) in [5.74, 6) is -0.355. The first kappa shape index (κ1) is 22.8. The molecule has 0 aliphatic carbocycles. The van der Waals surface area contributed by atoms with Gasteiger partial charge in [0.05, 0.1) is 35.2 Å². The number of H-pyrrole nitrogens is 1. The number of rotatable bonds is 5. The van der Waals surface area contributed by atoms with Gasteiger partial charge in [-0.05, 0) is 37.3 Å². The number of aryl methyl sites for hydroxylation is 1. The van der Waals surface area contributed by atoms with E-state index >= 15 is 0 Å². The molecule has 5 aromatic heterocycles. The molecule has 0 unspecified atom stereocenters. The number of nitrogens with zero attached hydrogens (tertiary/aromatic N) is 6. The molecule has 0 spiro atoms. The van der Waals surface area contributed by atoms with E-state index in [4.69, 9.17) is 0 Å². The summed E-state index contributed by atoms with van der Waals surface area (Å²) < 4.78 is 39.0. The Balaban J connectivity index is 1.43. The maximum Gasteiger partial charge on any atom is 0.416 e. The summed E-state index contributed by atoms with van der Waals surface area (Å²) in [4.78, 5) is 40.7. The highest BCUT2D eigenvalue weighted by molar-refractivity contribution is 6.03. The third kappa shape index (κ3) is 4.53. The molecule has 1 amide bonds. The molecule has 0 fully saturated rings. The lowest BCUT2D eigenvalue weighted by Crippen LogP contribution is -2.16. The van der Waals surface area contributed by atoms with Crippen LogP contribution < -0.4 is 10.6 Å². The zero-order valence-electron chi connectivity index (χ0n) is 18.5. The van der Waals surface area contributed by atoms with Gasteiger partial charge in [0.2, 0.25) is 0 Å². The molecule has 0 aliphatic heterocycles. The van der Waals surface area contributed by atoms with E-state index in [9.17, 15) is 18.0 Å². The SMILES string of the molecule is Cc1ncc(NC(=O)c2cc(C(F)(F)F)ccn2)cc1Nc1ncccc1-c1ncnc2[nH]cnc12. The molecular weight excluding hydrogens is 475 g/mol. The maximum absolute atomic E-state index is 13.0. The zero-order chi connectivity index (χ0) is 25.3. The second-order valence-electron chi connectivity index (χ2n) is 7.59. The van der Waals surface area contributed by atoms with Gasteiger partial charge in [0.25, 0.3) is 5.91 Å². The number of hydrogen-bond acceptors (Lipinski definition) is 8. The van der Waals surface area contributed by atoms with Crippen LogP contribution in [0.25, 0.3) is 22.4 Å². The Morgan fingerprint density at radius 3 is 2.69 bits per heavy atom. The smallest absolute Gasteiger partial charge is 0.338 e. The van der Waals surface area contributed by atoms with Gasteiger partial charge in [0, 0.05) is 18.0 Å². The summed E-state index contributed by atoms with van der Waals surface area (Å²) in [6, 6.07) is 6.65. The van der Waals surface area contributed by atoms with Gasteiger partial charge in [-0.1, -0.05) is 0 Å². The minimum absolute atomic E-state index is 0.251. The van der Waals surface area contributed by atoms with Gasteiger partial charge in [-0.2, -0.15) is 13.2 Å². The van der Waals surface area contributed by atoms with Gasteiger partial charge in [-0.3, -0.25) is 14.8 Å². The van der Waals surface area contributed by atoms with Crippen LogP contribution in [-0.4, -0.2) is 40.8 Å². The van der Waals surface area contributed by atoms with Gasteiger partial charge in [0.1, 0.15) is 29.0 Å². The first-order valence-electron chi connectivity index (χ1n) is 10.5. The number of hydrogen-bond donors (Lipinski definition) is 3. The third-order valence-electron chi connectivity index (χ3n) is 5.20. The Labute approximate surface area is 201 Å². The van der Waals surface area contributed by atoms with Crippen LogP contribution >= 0.6 is 0 Å². The van der Waals surface area contributed by atoms with Crippen LogP contribution in [0.1, 0.15) is 21.7 Å². The van der Waals surface area contributed by atoms with E-state index in [1.807, 2.05) is 6.07 Å². The largest absolute Gasteiger partial charge is 0.416 e. The second-order valence-corrected chi connectivity index (χ2v) is 7.59. The summed E-state index contributed by atoms with van der Waals surface area (Å²) in [5, 5.41) is 5.72. The average molecular weight is 491 g/mol. The van der Waals surface area contributed by atoms with Crippen molar-refractivity contribution in [3.63, 3.8) is 0 Å². The quantitative estimate of drug-likeness (QED) is 0.327. The number of aromatic nitrogens is 7. The summed E-state index contributed by atoms with van der Waals surface area (Å²) >= 11 is 0. The monoisotopic (exact) mass is 491 g/mol. The van der Waals surface area contributed by atoms with Crippen molar-refractivity contribution in [1.82, 2.24) is 34.9 Å². The Morgan fingerprint density at radius 1 is 1.00 bits per heavy atom. The van der Waals surface area contributed by atoms with Crippen molar-refractivity contribution in [3.8, 4) is 11.3 Å². The third-order valence-corrected chi connectivity index (χ3v) is 5.20. The minimum atomic E-state index is -4.59. The summed E-state index contributed by atoms with van der Waals surface area (Å²) in [6.07, 6.45) is 2.27. The molecule has 13 heteroatoms. The first-order chi connectivity index (χ1) is 17.3. The minimum Gasteiger partial charge on any atom is -0.338 e. The first-order valence-corrected chi connectivity index (χ1v) is 10.5. The van der Waals surface area contributed by atoms with Crippen molar-refractivity contribution in [3.05, 3.63) is 78.5 Å². The molecule has 5 aromatic rings. The van der Waals surface area contributed by atoms with Crippen molar-refractivity contribution in [2.24, 2.45) is 0 Å². The van der Waals surface area contributed by atoms with E-state index in [-0.39, 0.29) is 11.4 Å². The molecule has 5 heterocycles. The van der Waals surface area contributed by atoms with E-state index in [0.717, 1.165) is 12.3 Å². The summed E-state index contributed by atoms with van der Waals surface area (Å²) in [7, 11) is 0. The molecule has 0 saturated carbocycles. The number of nitrogens with one attached hydrogen (secondary N) is 3. The molecule has 0 aromatic carbocycles. The van der Waals surface area contributed by atoms with Crippen molar-refractivity contribution < 1.29 is 18.0 Å². The van der Waals surface area contributed by atoms with Crippen molar-refractivity contribution in [2.75, 3.05) is 10.6 Å². The Morgan fingerprint density at radius 2 is 1.86 bits per heavy atom. The number of halogens is 3. The van der Waals surface area contributed by atoms with Gasteiger partial charge in [0.15, 0.2) is 5.65 Å². The lowest BCUT2D eigenvalue weighted by molar-refractivity contribution is -0.137. The molecule has 10 nitrogen and oxygen atoms in total. The van der Waals surface area contributed by atoms with Crippen LogP contribution in [0, 0.1) is 6.92 Å². The molecule has 180 valence electrons. The topological polar surface area (TPSA) is 134 Å². The van der Waals surface area contributed by atoms with Crippen LogP contribution in [0.5, 0.6) is 0 Å². The second kappa shape index (κ2) is 9.02. The fraction of sp³-hybridized carbons (Fsp3) is 0.0870. The molecule has 0 atom stereocenters. The van der Waals surface area contributed by atoms with Gasteiger partial charge in [-0.25, -0.2) is 19.9 Å². The molecule has 3 N–H and O–H groups in total. The number of aromatic amines is 1. The number of anilines is 3. The highest BCUT2D eigenvalue weighted by atomic mass is 19.4. The molecule has 0 bridgehead atoms. The molecule has 36 heavy (non-hydrogen) atoms. The van der Waals surface area contributed by atoms with Gasteiger partial charge < -0.3 is 15.6 Å². The van der Waals surface area contributed by atoms with E-state index < -0.39 is 17.6 Å². The highest BCUT2D eigenvalue weighted by Crippen LogP contribution is 2.32. The highest BCUT2D eigenvalue weighted by Gasteiger charge is 2.31. The van der Waals surface area contributed by atoms with Crippen molar-refractivity contribution >= 4 is 34.3 Å². The number of alkyl halides is 3. The number of fused-ring (bicyclic) bond motifs is 1. The zero-order valence-corrected chi connectivity index (χ0v) is 18.5. The number of amides is 1. The molecule has 0 radical (unpaired) electrons. The summed E-state index contributed by atoms with van der Waals surface area (Å²) in [6.45, 7) is 1.75. The van der Waals surface area contributed by atoms with Crippen LogP contribution in [0.2, 0.25) is 0 Å². The van der Waals surface area contributed by atoms with E-state index in [0.29, 0.717) is 45.7 Å². The van der Waals surface area contributed by atoms with Crippen LogP contribution in [0.3, 0.4) is 0 Å². The van der Waals surface area contributed by atoms with Crippen LogP contribution in [0.15, 0.2) is 61.6 Å². The van der Waals surface area contributed by atoms with E-state index in [1.54, 1.807) is 25.3 Å². The number of carbonyl (C=O) groups is 1. The van der Waals surface area contributed by atoms with E-state index in [2.05, 4.69) is 45.5 Å². The number of carbonyl (C=O) groups excluding carboxylic acids is 1. The Hall–Kier alpha value is -4.94.